The van der Waals surface area contributed by atoms with E-state index in [-0.39, 0.29) is 11.4 Å². The van der Waals surface area contributed by atoms with Crippen molar-refractivity contribution in [3.05, 3.63) is 52.3 Å². The average Bonchev–Trinajstić information content (AvgIpc) is 2.46. The zero-order valence-corrected chi connectivity index (χ0v) is 14.0. The molecule has 2 aromatic rings. The normalized spacial score (nSPS) is 11.4. The van der Waals surface area contributed by atoms with Crippen LogP contribution in [-0.2, 0) is 16.6 Å². The second-order valence-electron chi connectivity index (χ2n) is 4.42. The summed E-state index contributed by atoms with van der Waals surface area (Å²) in [6, 6.07) is 6.42. The van der Waals surface area contributed by atoms with Crippen LogP contribution in [0.1, 0.15) is 11.1 Å². The van der Waals surface area contributed by atoms with E-state index in [4.69, 9.17) is 4.74 Å². The predicted molar refractivity (Wildman–Crippen MR) is 83.7 cm³/mol. The van der Waals surface area contributed by atoms with Crippen molar-refractivity contribution >= 4 is 26.0 Å². The summed E-state index contributed by atoms with van der Waals surface area (Å²) in [7, 11) is -2.05. The van der Waals surface area contributed by atoms with Crippen molar-refractivity contribution in [2.24, 2.45) is 0 Å². The van der Waals surface area contributed by atoms with Crippen molar-refractivity contribution in [3.8, 4) is 5.75 Å². The molecule has 21 heavy (non-hydrogen) atoms. The lowest BCUT2D eigenvalue weighted by Crippen LogP contribution is -2.23. The van der Waals surface area contributed by atoms with E-state index in [1.165, 1.54) is 19.2 Å². The van der Waals surface area contributed by atoms with E-state index in [1.54, 1.807) is 24.5 Å². The lowest BCUT2D eigenvalue weighted by molar-refractivity contribution is 0.411. The van der Waals surface area contributed by atoms with Gasteiger partial charge in [-0.05, 0) is 58.2 Å². The summed E-state index contributed by atoms with van der Waals surface area (Å²) in [6.45, 7) is 2.11. The fourth-order valence-corrected chi connectivity index (χ4v) is 3.50. The highest BCUT2D eigenvalue weighted by atomic mass is 79.9. The number of methoxy groups -OCH3 is 1. The third kappa shape index (κ3) is 3.81. The highest BCUT2D eigenvalue weighted by molar-refractivity contribution is 9.10. The van der Waals surface area contributed by atoms with Crippen LogP contribution in [0.3, 0.4) is 0 Å². The van der Waals surface area contributed by atoms with Gasteiger partial charge in [0.25, 0.3) is 0 Å². The monoisotopic (exact) mass is 370 g/mol. The Balaban J connectivity index is 2.19. The maximum atomic E-state index is 12.3. The molecule has 0 aliphatic rings. The van der Waals surface area contributed by atoms with Gasteiger partial charge in [-0.1, -0.05) is 0 Å². The molecular weight excluding hydrogens is 356 g/mol. The molecule has 2 rings (SSSR count). The van der Waals surface area contributed by atoms with E-state index in [2.05, 4.69) is 25.6 Å². The number of pyridine rings is 1. The molecule has 5 nitrogen and oxygen atoms in total. The molecule has 0 bridgehead atoms. The van der Waals surface area contributed by atoms with E-state index < -0.39 is 10.0 Å². The van der Waals surface area contributed by atoms with Crippen LogP contribution in [0.25, 0.3) is 0 Å². The van der Waals surface area contributed by atoms with Crippen LogP contribution < -0.4 is 9.46 Å². The molecule has 1 N–H and O–H groups in total. The van der Waals surface area contributed by atoms with Crippen LogP contribution in [0, 0.1) is 6.92 Å². The van der Waals surface area contributed by atoms with Crippen LogP contribution in [0.2, 0.25) is 0 Å². The minimum atomic E-state index is -3.58. The Morgan fingerprint density at radius 2 is 2.10 bits per heavy atom. The zero-order chi connectivity index (χ0) is 15.5. The first kappa shape index (κ1) is 15.9. The third-order valence-corrected chi connectivity index (χ3v) is 5.04. The van der Waals surface area contributed by atoms with Crippen molar-refractivity contribution in [3.63, 3.8) is 0 Å². The highest BCUT2D eigenvalue weighted by Crippen LogP contribution is 2.27. The zero-order valence-electron chi connectivity index (χ0n) is 11.6. The molecule has 112 valence electrons. The Morgan fingerprint density at radius 3 is 2.71 bits per heavy atom. The molecule has 0 aliphatic carbocycles. The standard InChI is InChI=1S/C14H15BrN2O3S/c1-10-8-16-6-5-11(10)9-17-21(18,19)12-3-4-14(20-2)13(15)7-12/h3-8,17H,9H2,1-2H3. The van der Waals surface area contributed by atoms with Gasteiger partial charge in [-0.2, -0.15) is 0 Å². The van der Waals surface area contributed by atoms with E-state index in [9.17, 15) is 8.42 Å². The molecule has 1 heterocycles. The first-order chi connectivity index (χ1) is 9.94. The Hall–Kier alpha value is -1.44. The van der Waals surface area contributed by atoms with E-state index in [1.807, 2.05) is 6.92 Å². The van der Waals surface area contributed by atoms with Gasteiger partial charge in [0.15, 0.2) is 0 Å². The van der Waals surface area contributed by atoms with Crippen molar-refractivity contribution in [2.45, 2.75) is 18.4 Å². The molecule has 7 heteroatoms. The van der Waals surface area contributed by atoms with Gasteiger partial charge in [0.2, 0.25) is 10.0 Å². The number of hydrogen-bond acceptors (Lipinski definition) is 4. The van der Waals surface area contributed by atoms with Gasteiger partial charge in [0, 0.05) is 18.9 Å². The van der Waals surface area contributed by atoms with Crippen LogP contribution in [0.15, 0.2) is 46.0 Å². The maximum Gasteiger partial charge on any atom is 0.240 e. The first-order valence-corrected chi connectivity index (χ1v) is 8.44. The lowest BCUT2D eigenvalue weighted by atomic mass is 10.2. The molecule has 1 aromatic heterocycles. The molecule has 0 unspecified atom stereocenters. The topological polar surface area (TPSA) is 68.3 Å². The number of nitrogens with zero attached hydrogens (tertiary/aromatic N) is 1. The predicted octanol–water partition coefficient (Wildman–Crippen LogP) is 2.64. The largest absolute Gasteiger partial charge is 0.496 e. The Morgan fingerprint density at radius 1 is 1.33 bits per heavy atom. The summed E-state index contributed by atoms with van der Waals surface area (Å²) in [5, 5.41) is 0. The van der Waals surface area contributed by atoms with Gasteiger partial charge >= 0.3 is 0 Å². The Bertz CT molecular complexity index is 748. The summed E-state index contributed by atoms with van der Waals surface area (Å²) in [6.07, 6.45) is 3.34. The number of benzene rings is 1. The highest BCUT2D eigenvalue weighted by Gasteiger charge is 2.16. The van der Waals surface area contributed by atoms with Gasteiger partial charge in [-0.3, -0.25) is 4.98 Å². The number of rotatable bonds is 5. The number of sulfonamides is 1. The summed E-state index contributed by atoms with van der Waals surface area (Å²) in [4.78, 5) is 4.16. The minimum Gasteiger partial charge on any atom is -0.496 e. The van der Waals surface area contributed by atoms with Gasteiger partial charge < -0.3 is 4.74 Å². The molecule has 0 saturated heterocycles. The van der Waals surface area contributed by atoms with Crippen molar-refractivity contribution < 1.29 is 13.2 Å². The molecule has 0 radical (unpaired) electrons. The maximum absolute atomic E-state index is 12.3. The van der Waals surface area contributed by atoms with Gasteiger partial charge in [0.1, 0.15) is 5.75 Å². The van der Waals surface area contributed by atoms with Crippen LogP contribution in [0.5, 0.6) is 5.75 Å². The van der Waals surface area contributed by atoms with Crippen LogP contribution in [0.4, 0.5) is 0 Å². The molecular formula is C14H15BrN2O3S. The van der Waals surface area contributed by atoms with Gasteiger partial charge in [0.05, 0.1) is 16.5 Å². The van der Waals surface area contributed by atoms with E-state index >= 15 is 0 Å². The fraction of sp³-hybridized carbons (Fsp3) is 0.214. The van der Waals surface area contributed by atoms with E-state index in [0.29, 0.717) is 10.2 Å². The number of halogens is 1. The second kappa shape index (κ2) is 6.55. The van der Waals surface area contributed by atoms with Crippen molar-refractivity contribution in [1.29, 1.82) is 0 Å². The van der Waals surface area contributed by atoms with Crippen LogP contribution >= 0.6 is 15.9 Å². The smallest absolute Gasteiger partial charge is 0.240 e. The second-order valence-corrected chi connectivity index (χ2v) is 7.04. The van der Waals surface area contributed by atoms with Crippen molar-refractivity contribution in [2.75, 3.05) is 7.11 Å². The van der Waals surface area contributed by atoms with Crippen molar-refractivity contribution in [1.82, 2.24) is 9.71 Å². The van der Waals surface area contributed by atoms with Crippen LogP contribution in [-0.4, -0.2) is 20.5 Å². The molecule has 0 amide bonds. The molecule has 0 fully saturated rings. The molecule has 0 atom stereocenters. The summed E-state index contributed by atoms with van der Waals surface area (Å²) >= 11 is 3.28. The Kier molecular flexibility index (Phi) is 4.97. The Labute approximate surface area is 132 Å². The quantitative estimate of drug-likeness (QED) is 0.878. The summed E-state index contributed by atoms with van der Waals surface area (Å²) in [5.41, 5.74) is 1.83. The number of nitrogens with one attached hydrogen (secondary N) is 1. The number of aromatic nitrogens is 1. The number of ether oxygens (including phenoxy) is 1. The molecule has 0 aliphatic heterocycles. The van der Waals surface area contributed by atoms with Gasteiger partial charge in [-0.15, -0.1) is 0 Å². The molecule has 1 aromatic carbocycles. The number of hydrogen-bond donors (Lipinski definition) is 1. The first-order valence-electron chi connectivity index (χ1n) is 6.17. The SMILES string of the molecule is COc1ccc(S(=O)(=O)NCc2ccncc2C)cc1Br. The third-order valence-electron chi connectivity index (χ3n) is 3.02. The molecule has 0 spiro atoms. The summed E-state index contributed by atoms with van der Waals surface area (Å²) < 4.78 is 32.8. The summed E-state index contributed by atoms with van der Waals surface area (Å²) in [5.74, 6) is 0.582. The average molecular weight is 371 g/mol. The van der Waals surface area contributed by atoms with Gasteiger partial charge in [-0.25, -0.2) is 13.1 Å². The lowest BCUT2D eigenvalue weighted by Gasteiger charge is -2.10. The molecule has 0 saturated carbocycles. The number of aryl methyl sites for hydroxylation is 1. The van der Waals surface area contributed by atoms with E-state index in [0.717, 1.165) is 11.1 Å². The minimum absolute atomic E-state index is 0.182. The fourth-order valence-electron chi connectivity index (χ4n) is 1.77.